The molecular formula is C16H20N4O. The van der Waals surface area contributed by atoms with Crippen LogP contribution in [0.25, 0.3) is 0 Å². The van der Waals surface area contributed by atoms with Crippen LogP contribution in [0, 0.1) is 11.3 Å². The molecule has 1 saturated carbocycles. The van der Waals surface area contributed by atoms with Crippen LogP contribution < -0.4 is 5.32 Å². The van der Waals surface area contributed by atoms with Gasteiger partial charge in [0.1, 0.15) is 11.8 Å². The summed E-state index contributed by atoms with van der Waals surface area (Å²) in [6, 6.07) is 5.36. The Morgan fingerprint density at radius 2 is 2.14 bits per heavy atom. The first-order valence-corrected chi connectivity index (χ1v) is 7.64. The Morgan fingerprint density at radius 1 is 1.33 bits per heavy atom. The van der Waals surface area contributed by atoms with E-state index in [1.54, 1.807) is 12.1 Å². The maximum atomic E-state index is 12.8. The Morgan fingerprint density at radius 3 is 2.81 bits per heavy atom. The largest absolute Gasteiger partial charge is 0.329 e. The molecule has 1 aromatic rings. The number of amides is 1. The van der Waals surface area contributed by atoms with Gasteiger partial charge >= 0.3 is 0 Å². The summed E-state index contributed by atoms with van der Waals surface area (Å²) in [6.07, 6.45) is 7.25. The fourth-order valence-corrected chi connectivity index (χ4v) is 3.54. The number of hydrogen-bond acceptors (Lipinski definition) is 4. The molecule has 1 spiro atoms. The molecule has 2 aliphatic rings. The summed E-state index contributed by atoms with van der Waals surface area (Å²) in [6.45, 7) is 2.46. The number of rotatable bonds is 1. The summed E-state index contributed by atoms with van der Waals surface area (Å²) in [5.41, 5.74) is 0.892. The van der Waals surface area contributed by atoms with Crippen molar-refractivity contribution in [2.45, 2.75) is 37.6 Å². The molecule has 110 valence electrons. The number of nitrogens with zero attached hydrogens (tertiary/aromatic N) is 3. The molecular weight excluding hydrogens is 264 g/mol. The summed E-state index contributed by atoms with van der Waals surface area (Å²) < 4.78 is 0. The second kappa shape index (κ2) is 5.82. The zero-order valence-corrected chi connectivity index (χ0v) is 12.1. The second-order valence-corrected chi connectivity index (χ2v) is 5.96. The molecule has 0 aromatic carbocycles. The standard InChI is InChI=1S/C16H20N4O/c17-10-13-4-5-14(19-11-13)15(21)20-9-8-18-12-16(20)6-2-1-3-7-16/h4-5,11,18H,1-3,6-9,12H2. The molecule has 1 aliphatic heterocycles. The first-order chi connectivity index (χ1) is 10.2. The van der Waals surface area contributed by atoms with Crippen LogP contribution in [0.4, 0.5) is 0 Å². The lowest BCUT2D eigenvalue weighted by atomic mass is 9.79. The molecule has 0 unspecified atom stereocenters. The molecule has 3 rings (SSSR count). The van der Waals surface area contributed by atoms with Gasteiger partial charge in [-0.3, -0.25) is 4.79 Å². The number of aromatic nitrogens is 1. The number of carbonyl (C=O) groups excluding carboxylic acids is 1. The highest BCUT2D eigenvalue weighted by Gasteiger charge is 2.42. The van der Waals surface area contributed by atoms with E-state index in [9.17, 15) is 4.79 Å². The van der Waals surface area contributed by atoms with Gasteiger partial charge in [0, 0.05) is 25.8 Å². The number of nitrogens with one attached hydrogen (secondary N) is 1. The van der Waals surface area contributed by atoms with Gasteiger partial charge in [0.2, 0.25) is 0 Å². The highest BCUT2D eigenvalue weighted by Crippen LogP contribution is 2.35. The minimum Gasteiger partial charge on any atom is -0.329 e. The lowest BCUT2D eigenvalue weighted by Crippen LogP contribution is -2.63. The number of nitriles is 1. The zero-order chi connectivity index (χ0) is 14.7. The van der Waals surface area contributed by atoms with Crippen LogP contribution in [0.5, 0.6) is 0 Å². The molecule has 0 bridgehead atoms. The Hall–Kier alpha value is -1.93. The van der Waals surface area contributed by atoms with Gasteiger partial charge in [-0.1, -0.05) is 19.3 Å². The van der Waals surface area contributed by atoms with Crippen molar-refractivity contribution in [2.24, 2.45) is 0 Å². The second-order valence-electron chi connectivity index (χ2n) is 5.96. The molecule has 1 N–H and O–H groups in total. The smallest absolute Gasteiger partial charge is 0.272 e. The maximum absolute atomic E-state index is 12.8. The highest BCUT2D eigenvalue weighted by atomic mass is 16.2. The first-order valence-electron chi connectivity index (χ1n) is 7.64. The average molecular weight is 284 g/mol. The quantitative estimate of drug-likeness (QED) is 0.852. The molecule has 1 aromatic heterocycles. The minimum atomic E-state index is -0.0385. The Bertz CT molecular complexity index is 546. The average Bonchev–Trinajstić information content (AvgIpc) is 2.55. The summed E-state index contributed by atoms with van der Waals surface area (Å²) in [4.78, 5) is 19.0. The van der Waals surface area contributed by atoms with Crippen molar-refractivity contribution in [1.29, 1.82) is 5.26 Å². The van der Waals surface area contributed by atoms with Crippen molar-refractivity contribution in [3.8, 4) is 6.07 Å². The predicted octanol–water partition coefficient (Wildman–Crippen LogP) is 1.70. The number of hydrogen-bond donors (Lipinski definition) is 1. The summed E-state index contributed by atoms with van der Waals surface area (Å²) in [7, 11) is 0. The summed E-state index contributed by atoms with van der Waals surface area (Å²) in [5.74, 6) is 0.00268. The van der Waals surface area contributed by atoms with Crippen molar-refractivity contribution in [3.63, 3.8) is 0 Å². The number of pyridine rings is 1. The summed E-state index contributed by atoms with van der Waals surface area (Å²) in [5, 5.41) is 12.3. The van der Waals surface area contributed by atoms with E-state index in [4.69, 9.17) is 5.26 Å². The first kappa shape index (κ1) is 14.0. The molecule has 21 heavy (non-hydrogen) atoms. The Balaban J connectivity index is 1.85. The molecule has 2 heterocycles. The van der Waals surface area contributed by atoms with Gasteiger partial charge in [-0.15, -0.1) is 0 Å². The molecule has 1 amide bonds. The van der Waals surface area contributed by atoms with Gasteiger partial charge in [-0.05, 0) is 25.0 Å². The fourth-order valence-electron chi connectivity index (χ4n) is 3.54. The van der Waals surface area contributed by atoms with Crippen LogP contribution in [-0.2, 0) is 0 Å². The van der Waals surface area contributed by atoms with E-state index in [0.29, 0.717) is 11.3 Å². The van der Waals surface area contributed by atoms with Crippen LogP contribution in [0.3, 0.4) is 0 Å². The fraction of sp³-hybridized carbons (Fsp3) is 0.562. The molecule has 0 atom stereocenters. The maximum Gasteiger partial charge on any atom is 0.272 e. The predicted molar refractivity (Wildman–Crippen MR) is 78.7 cm³/mol. The third-order valence-corrected chi connectivity index (χ3v) is 4.68. The third kappa shape index (κ3) is 2.64. The molecule has 1 saturated heterocycles. The van der Waals surface area contributed by atoms with Gasteiger partial charge in [0.25, 0.3) is 5.91 Å². The van der Waals surface area contributed by atoms with Gasteiger partial charge in [-0.2, -0.15) is 5.26 Å². The molecule has 2 fully saturated rings. The Kier molecular flexibility index (Phi) is 3.89. The van der Waals surface area contributed by atoms with Crippen molar-refractivity contribution in [3.05, 3.63) is 29.6 Å². The lowest BCUT2D eigenvalue weighted by Gasteiger charge is -2.49. The van der Waals surface area contributed by atoms with E-state index >= 15 is 0 Å². The van der Waals surface area contributed by atoms with Gasteiger partial charge < -0.3 is 10.2 Å². The highest BCUT2D eigenvalue weighted by molar-refractivity contribution is 5.93. The van der Waals surface area contributed by atoms with Gasteiger partial charge in [-0.25, -0.2) is 4.98 Å². The van der Waals surface area contributed by atoms with E-state index in [1.165, 1.54) is 25.5 Å². The SMILES string of the molecule is N#Cc1ccc(C(=O)N2CCNCC23CCCCC3)nc1. The number of piperazine rings is 1. The van der Waals surface area contributed by atoms with Crippen LogP contribution >= 0.6 is 0 Å². The van der Waals surface area contributed by atoms with Crippen molar-refractivity contribution in [2.75, 3.05) is 19.6 Å². The van der Waals surface area contributed by atoms with Crippen LogP contribution in [0.2, 0.25) is 0 Å². The van der Waals surface area contributed by atoms with Crippen molar-refractivity contribution in [1.82, 2.24) is 15.2 Å². The topological polar surface area (TPSA) is 69.0 Å². The minimum absolute atomic E-state index is 0.00268. The van der Waals surface area contributed by atoms with Gasteiger partial charge in [0.05, 0.1) is 11.1 Å². The van der Waals surface area contributed by atoms with Crippen LogP contribution in [-0.4, -0.2) is 41.0 Å². The summed E-state index contributed by atoms with van der Waals surface area (Å²) >= 11 is 0. The Labute approximate surface area is 125 Å². The van der Waals surface area contributed by atoms with Crippen molar-refractivity contribution < 1.29 is 4.79 Å². The van der Waals surface area contributed by atoms with E-state index in [0.717, 1.165) is 32.5 Å². The molecule has 0 radical (unpaired) electrons. The number of carbonyl (C=O) groups is 1. The normalized spacial score (nSPS) is 21.0. The van der Waals surface area contributed by atoms with Crippen LogP contribution in [0.1, 0.15) is 48.2 Å². The van der Waals surface area contributed by atoms with Gasteiger partial charge in [0.15, 0.2) is 0 Å². The van der Waals surface area contributed by atoms with E-state index < -0.39 is 0 Å². The molecule has 5 nitrogen and oxygen atoms in total. The van der Waals surface area contributed by atoms with E-state index in [2.05, 4.69) is 10.3 Å². The third-order valence-electron chi connectivity index (χ3n) is 4.68. The van der Waals surface area contributed by atoms with Crippen LogP contribution in [0.15, 0.2) is 18.3 Å². The molecule has 1 aliphatic carbocycles. The monoisotopic (exact) mass is 284 g/mol. The van der Waals surface area contributed by atoms with E-state index in [-0.39, 0.29) is 11.4 Å². The van der Waals surface area contributed by atoms with E-state index in [1.807, 2.05) is 11.0 Å². The van der Waals surface area contributed by atoms with Crippen molar-refractivity contribution >= 4 is 5.91 Å². The molecule has 5 heteroatoms. The lowest BCUT2D eigenvalue weighted by molar-refractivity contribution is 0.0217. The zero-order valence-electron chi connectivity index (χ0n) is 12.1.